The van der Waals surface area contributed by atoms with Crippen LogP contribution < -0.4 is 0 Å². The lowest BCUT2D eigenvalue weighted by Gasteiger charge is -2.17. The highest BCUT2D eigenvalue weighted by Crippen LogP contribution is 2.21. The first kappa shape index (κ1) is 14.6. The van der Waals surface area contributed by atoms with Crippen molar-refractivity contribution >= 4 is 16.0 Å². The topological polar surface area (TPSA) is 21.6 Å². The molecule has 1 aromatic carbocycles. The van der Waals surface area contributed by atoms with Gasteiger partial charge in [0.1, 0.15) is 5.82 Å². The third-order valence-corrected chi connectivity index (χ3v) is 3.60. The van der Waals surface area contributed by atoms with Crippen molar-refractivity contribution in [3.05, 3.63) is 47.6 Å². The summed E-state index contributed by atoms with van der Waals surface area (Å²) in [6, 6.07) is 4.61. The Morgan fingerprint density at radius 3 is 2.72 bits per heavy atom. The van der Waals surface area contributed by atoms with E-state index in [2.05, 4.69) is 32.3 Å². The average Bonchev–Trinajstić information content (AvgIpc) is 2.26. The van der Waals surface area contributed by atoms with Crippen molar-refractivity contribution in [2.24, 2.45) is 4.99 Å². The summed E-state index contributed by atoms with van der Waals surface area (Å²) in [5.74, 6) is 0.137. The first-order chi connectivity index (χ1) is 8.28. The van der Waals surface area contributed by atoms with Crippen molar-refractivity contribution in [3.63, 3.8) is 0 Å². The summed E-state index contributed by atoms with van der Waals surface area (Å²) in [7, 11) is -0.703. The maximum atomic E-state index is 13.1. The maximum absolute atomic E-state index is 13.1. The van der Waals surface area contributed by atoms with Crippen LogP contribution in [0.4, 0.5) is 4.39 Å². The Morgan fingerprint density at radius 1 is 1.44 bits per heavy atom. The van der Waals surface area contributed by atoms with Crippen LogP contribution in [0, 0.1) is 12.7 Å². The summed E-state index contributed by atoms with van der Waals surface area (Å²) in [6.45, 7) is 12.1. The molecule has 0 N–H and O–H groups in total. The Balaban J connectivity index is 2.64. The largest absolute Gasteiger partial charge is 0.536 e. The molecule has 0 spiro atoms. The molecule has 0 aliphatic carbocycles. The molecule has 0 atom stereocenters. The van der Waals surface area contributed by atoms with Crippen LogP contribution in [0.15, 0.2) is 35.7 Å². The normalized spacial score (nSPS) is 12.5. The smallest absolute Gasteiger partial charge is 0.226 e. The summed E-state index contributed by atoms with van der Waals surface area (Å²) in [6.07, 6.45) is 1.60. The monoisotopic (exact) mass is 265 g/mol. The van der Waals surface area contributed by atoms with E-state index in [0.29, 0.717) is 5.88 Å². The summed E-state index contributed by atoms with van der Waals surface area (Å²) < 4.78 is 18.6. The molecule has 0 fully saturated rings. The van der Waals surface area contributed by atoms with Crippen LogP contribution in [-0.4, -0.2) is 16.0 Å². The maximum Gasteiger partial charge on any atom is 0.226 e. The Labute approximate surface area is 111 Å². The van der Waals surface area contributed by atoms with Gasteiger partial charge in [-0.2, -0.15) is 0 Å². The lowest BCUT2D eigenvalue weighted by Crippen LogP contribution is -2.11. The molecule has 0 saturated heterocycles. The molecule has 0 bridgehead atoms. The SMILES string of the molecule is C=C(N=Cc1cc(F)ccc1C)O[SiH2]C(C)(C)C. The highest BCUT2D eigenvalue weighted by molar-refractivity contribution is 6.32. The van der Waals surface area contributed by atoms with E-state index >= 15 is 0 Å². The first-order valence-corrected chi connectivity index (χ1v) is 7.18. The molecule has 0 heterocycles. The Kier molecular flexibility index (Phi) is 4.84. The van der Waals surface area contributed by atoms with Crippen molar-refractivity contribution in [2.75, 3.05) is 0 Å². The van der Waals surface area contributed by atoms with E-state index in [-0.39, 0.29) is 10.9 Å². The molecule has 0 radical (unpaired) electrons. The molecule has 4 heteroatoms. The van der Waals surface area contributed by atoms with Crippen molar-refractivity contribution in [1.82, 2.24) is 0 Å². The van der Waals surface area contributed by atoms with Gasteiger partial charge in [-0.25, -0.2) is 9.38 Å². The Bertz CT molecular complexity index is 463. The molecular weight excluding hydrogens is 245 g/mol. The third-order valence-electron chi connectivity index (χ3n) is 2.26. The molecule has 0 saturated carbocycles. The van der Waals surface area contributed by atoms with Gasteiger partial charge in [-0.1, -0.05) is 26.8 Å². The van der Waals surface area contributed by atoms with Crippen LogP contribution >= 0.6 is 0 Å². The van der Waals surface area contributed by atoms with E-state index in [4.69, 9.17) is 4.43 Å². The minimum atomic E-state index is -0.703. The zero-order valence-corrected chi connectivity index (χ0v) is 12.9. The van der Waals surface area contributed by atoms with E-state index < -0.39 is 9.76 Å². The van der Waals surface area contributed by atoms with E-state index in [1.54, 1.807) is 12.3 Å². The number of halogens is 1. The molecule has 0 amide bonds. The van der Waals surface area contributed by atoms with Gasteiger partial charge in [-0.3, -0.25) is 0 Å². The van der Waals surface area contributed by atoms with Crippen molar-refractivity contribution in [2.45, 2.75) is 32.7 Å². The molecule has 1 aromatic rings. The van der Waals surface area contributed by atoms with Gasteiger partial charge < -0.3 is 4.43 Å². The molecule has 98 valence electrons. The van der Waals surface area contributed by atoms with E-state index in [0.717, 1.165) is 11.1 Å². The first-order valence-electron chi connectivity index (χ1n) is 5.90. The quantitative estimate of drug-likeness (QED) is 0.465. The van der Waals surface area contributed by atoms with Crippen LogP contribution in [0.1, 0.15) is 31.9 Å². The summed E-state index contributed by atoms with van der Waals surface area (Å²) >= 11 is 0. The number of hydrogen-bond donors (Lipinski definition) is 0. The summed E-state index contributed by atoms with van der Waals surface area (Å²) in [5, 5.41) is 0.202. The second-order valence-electron chi connectivity index (χ2n) is 5.50. The molecular formula is C14H20FNOSi. The van der Waals surface area contributed by atoms with Gasteiger partial charge in [0.2, 0.25) is 9.76 Å². The van der Waals surface area contributed by atoms with Gasteiger partial charge in [-0.15, -0.1) is 0 Å². The van der Waals surface area contributed by atoms with Gasteiger partial charge in [-0.05, 0) is 41.8 Å². The van der Waals surface area contributed by atoms with Crippen molar-refractivity contribution < 1.29 is 8.82 Å². The van der Waals surface area contributed by atoms with Crippen LogP contribution in [-0.2, 0) is 4.43 Å². The van der Waals surface area contributed by atoms with E-state index in [1.165, 1.54) is 12.1 Å². The highest BCUT2D eigenvalue weighted by Gasteiger charge is 2.12. The molecule has 18 heavy (non-hydrogen) atoms. The Morgan fingerprint density at radius 2 is 2.11 bits per heavy atom. The van der Waals surface area contributed by atoms with E-state index in [9.17, 15) is 4.39 Å². The highest BCUT2D eigenvalue weighted by atomic mass is 28.2. The second kappa shape index (κ2) is 5.95. The zero-order valence-electron chi connectivity index (χ0n) is 11.5. The number of nitrogens with zero attached hydrogens (tertiary/aromatic N) is 1. The summed E-state index contributed by atoms with van der Waals surface area (Å²) in [5.41, 5.74) is 1.72. The van der Waals surface area contributed by atoms with Gasteiger partial charge >= 0.3 is 0 Å². The minimum absolute atomic E-state index is 0.202. The average molecular weight is 265 g/mol. The molecule has 0 unspecified atom stereocenters. The molecule has 0 aromatic heterocycles. The summed E-state index contributed by atoms with van der Waals surface area (Å²) in [4.78, 5) is 4.13. The van der Waals surface area contributed by atoms with Crippen LogP contribution in [0.3, 0.4) is 0 Å². The predicted molar refractivity (Wildman–Crippen MR) is 77.2 cm³/mol. The van der Waals surface area contributed by atoms with Crippen LogP contribution in [0.5, 0.6) is 0 Å². The second-order valence-corrected chi connectivity index (χ2v) is 8.20. The standard InChI is InChI=1S/C14H20FNOSi/c1-10-6-7-13(15)8-12(10)9-16-11(2)17-18-14(3,4)5/h6-9H,2,18H2,1,3-5H3. The number of rotatable bonds is 4. The van der Waals surface area contributed by atoms with Gasteiger partial charge in [0.05, 0.1) is 0 Å². The third kappa shape index (κ3) is 5.27. The van der Waals surface area contributed by atoms with Crippen LogP contribution in [0.25, 0.3) is 0 Å². The number of hydrogen-bond acceptors (Lipinski definition) is 2. The molecule has 0 aliphatic heterocycles. The fourth-order valence-electron chi connectivity index (χ4n) is 1.23. The van der Waals surface area contributed by atoms with Crippen molar-refractivity contribution in [3.8, 4) is 0 Å². The fraction of sp³-hybridized carbons (Fsp3) is 0.357. The van der Waals surface area contributed by atoms with Crippen LogP contribution in [0.2, 0.25) is 5.04 Å². The Hall–Kier alpha value is -1.42. The number of benzene rings is 1. The van der Waals surface area contributed by atoms with Crippen molar-refractivity contribution in [1.29, 1.82) is 0 Å². The van der Waals surface area contributed by atoms with Gasteiger partial charge in [0.25, 0.3) is 0 Å². The number of aliphatic imine (C=N–C) groups is 1. The van der Waals surface area contributed by atoms with Gasteiger partial charge in [0, 0.05) is 6.21 Å². The minimum Gasteiger partial charge on any atom is -0.536 e. The molecule has 0 aliphatic rings. The van der Waals surface area contributed by atoms with E-state index in [1.807, 2.05) is 6.92 Å². The molecule has 2 nitrogen and oxygen atoms in total. The molecule has 1 rings (SSSR count). The zero-order chi connectivity index (χ0) is 13.8. The fourth-order valence-corrected chi connectivity index (χ4v) is 1.90. The van der Waals surface area contributed by atoms with Gasteiger partial charge in [0.15, 0.2) is 5.88 Å². The lowest BCUT2D eigenvalue weighted by molar-refractivity contribution is 0.425. The number of aryl methyl sites for hydroxylation is 1. The lowest BCUT2D eigenvalue weighted by atomic mass is 10.1. The predicted octanol–water partition coefficient (Wildman–Crippen LogP) is 3.34.